The third-order valence-corrected chi connectivity index (χ3v) is 2.28. The minimum absolute atomic E-state index is 0.867. The van der Waals surface area contributed by atoms with Gasteiger partial charge in [-0.2, -0.15) is 5.10 Å². The van der Waals surface area contributed by atoms with Crippen molar-refractivity contribution in [2.45, 2.75) is 33.2 Å². The van der Waals surface area contributed by atoms with Crippen molar-refractivity contribution in [3.63, 3.8) is 0 Å². The summed E-state index contributed by atoms with van der Waals surface area (Å²) in [5.41, 5.74) is 0. The molecule has 1 heterocycles. The minimum Gasteiger partial charge on any atom is -0.250 e. The number of halogens is 1. The molecule has 0 saturated carbocycles. The summed E-state index contributed by atoms with van der Waals surface area (Å²) in [5, 5.41) is 5.34. The van der Waals surface area contributed by atoms with Gasteiger partial charge in [0.2, 0.25) is 0 Å². The lowest BCUT2D eigenvalue weighted by Crippen LogP contribution is -2.02. The standard InChI is InChI=1S/C8H14BrN3/c1-7-10-8(2)12(11-7)6-4-3-5-9/h3-6H2,1-2H3. The molecule has 0 fully saturated rings. The lowest BCUT2D eigenvalue weighted by molar-refractivity contribution is 0.556. The van der Waals surface area contributed by atoms with Crippen molar-refractivity contribution in [1.82, 2.24) is 14.8 Å². The van der Waals surface area contributed by atoms with Gasteiger partial charge in [0.15, 0.2) is 0 Å². The number of nitrogens with zero attached hydrogens (tertiary/aromatic N) is 3. The molecule has 0 aliphatic carbocycles. The highest BCUT2D eigenvalue weighted by atomic mass is 79.9. The van der Waals surface area contributed by atoms with E-state index >= 15 is 0 Å². The summed E-state index contributed by atoms with van der Waals surface area (Å²) in [7, 11) is 0. The van der Waals surface area contributed by atoms with Crippen molar-refractivity contribution in [2.75, 3.05) is 5.33 Å². The second-order valence-corrected chi connectivity index (χ2v) is 3.62. The van der Waals surface area contributed by atoms with Crippen LogP contribution in [-0.4, -0.2) is 20.1 Å². The van der Waals surface area contributed by atoms with Crippen molar-refractivity contribution in [3.05, 3.63) is 11.6 Å². The maximum absolute atomic E-state index is 4.27. The van der Waals surface area contributed by atoms with Crippen molar-refractivity contribution < 1.29 is 0 Å². The Morgan fingerprint density at radius 2 is 2.08 bits per heavy atom. The van der Waals surface area contributed by atoms with Gasteiger partial charge in [-0.15, -0.1) is 0 Å². The van der Waals surface area contributed by atoms with E-state index < -0.39 is 0 Å². The number of aromatic nitrogens is 3. The van der Waals surface area contributed by atoms with Crippen LogP contribution >= 0.6 is 15.9 Å². The van der Waals surface area contributed by atoms with Gasteiger partial charge in [-0.1, -0.05) is 15.9 Å². The average Bonchev–Trinajstić information content (AvgIpc) is 2.31. The van der Waals surface area contributed by atoms with E-state index in [1.165, 1.54) is 6.42 Å². The van der Waals surface area contributed by atoms with Crippen LogP contribution in [0.2, 0.25) is 0 Å². The Bertz CT molecular complexity index is 244. The normalized spacial score (nSPS) is 10.6. The molecule has 0 aromatic carbocycles. The lowest BCUT2D eigenvalue weighted by Gasteiger charge is -2.00. The number of hydrogen-bond donors (Lipinski definition) is 0. The van der Waals surface area contributed by atoms with E-state index in [2.05, 4.69) is 26.0 Å². The van der Waals surface area contributed by atoms with E-state index in [9.17, 15) is 0 Å². The Morgan fingerprint density at radius 1 is 1.33 bits per heavy atom. The van der Waals surface area contributed by atoms with Gasteiger partial charge in [-0.3, -0.25) is 4.68 Å². The molecule has 0 atom stereocenters. The maximum atomic E-state index is 4.27. The molecule has 3 nitrogen and oxygen atoms in total. The van der Waals surface area contributed by atoms with Gasteiger partial charge >= 0.3 is 0 Å². The van der Waals surface area contributed by atoms with E-state index in [1.54, 1.807) is 0 Å². The van der Waals surface area contributed by atoms with Gasteiger partial charge in [-0.05, 0) is 26.7 Å². The first-order valence-corrected chi connectivity index (χ1v) is 5.30. The van der Waals surface area contributed by atoms with Gasteiger partial charge in [0.05, 0.1) is 0 Å². The first-order valence-electron chi connectivity index (χ1n) is 4.18. The summed E-state index contributed by atoms with van der Waals surface area (Å²) in [6.45, 7) is 4.90. The molecule has 0 amide bonds. The second kappa shape index (κ2) is 4.60. The molecule has 0 N–H and O–H groups in total. The predicted octanol–water partition coefficient (Wildman–Crippen LogP) is 2.07. The molecule has 0 aliphatic heterocycles. The fourth-order valence-electron chi connectivity index (χ4n) is 1.13. The summed E-state index contributed by atoms with van der Waals surface area (Å²) in [5.74, 6) is 1.88. The molecule has 0 bridgehead atoms. The van der Waals surface area contributed by atoms with Gasteiger partial charge < -0.3 is 0 Å². The summed E-state index contributed by atoms with van der Waals surface area (Å²) in [4.78, 5) is 4.23. The summed E-state index contributed by atoms with van der Waals surface area (Å²) < 4.78 is 1.97. The van der Waals surface area contributed by atoms with Gasteiger partial charge in [-0.25, -0.2) is 4.98 Å². The quantitative estimate of drug-likeness (QED) is 0.587. The van der Waals surface area contributed by atoms with E-state index in [4.69, 9.17) is 0 Å². The maximum Gasteiger partial charge on any atom is 0.147 e. The molecular formula is C8H14BrN3. The molecular weight excluding hydrogens is 218 g/mol. The highest BCUT2D eigenvalue weighted by Crippen LogP contribution is 2.00. The molecule has 1 aromatic heterocycles. The molecule has 0 aliphatic rings. The Kier molecular flexibility index (Phi) is 3.72. The molecule has 0 spiro atoms. The third-order valence-electron chi connectivity index (χ3n) is 1.72. The molecule has 12 heavy (non-hydrogen) atoms. The van der Waals surface area contributed by atoms with Crippen LogP contribution in [0.1, 0.15) is 24.5 Å². The van der Waals surface area contributed by atoms with Crippen molar-refractivity contribution in [1.29, 1.82) is 0 Å². The minimum atomic E-state index is 0.867. The highest BCUT2D eigenvalue weighted by molar-refractivity contribution is 9.09. The first kappa shape index (κ1) is 9.71. The van der Waals surface area contributed by atoms with E-state index in [0.717, 1.165) is 29.9 Å². The van der Waals surface area contributed by atoms with E-state index in [0.29, 0.717) is 0 Å². The molecule has 0 radical (unpaired) electrons. The lowest BCUT2D eigenvalue weighted by atomic mass is 10.3. The number of hydrogen-bond acceptors (Lipinski definition) is 2. The third kappa shape index (κ3) is 2.59. The fraction of sp³-hybridized carbons (Fsp3) is 0.750. The molecule has 1 rings (SSSR count). The van der Waals surface area contributed by atoms with E-state index in [-0.39, 0.29) is 0 Å². The molecule has 1 aromatic rings. The highest BCUT2D eigenvalue weighted by Gasteiger charge is 2.00. The molecule has 4 heteroatoms. The van der Waals surface area contributed by atoms with Gasteiger partial charge in [0.25, 0.3) is 0 Å². The van der Waals surface area contributed by atoms with Crippen LogP contribution in [0.5, 0.6) is 0 Å². The molecule has 0 unspecified atom stereocenters. The van der Waals surface area contributed by atoms with Crippen LogP contribution < -0.4 is 0 Å². The summed E-state index contributed by atoms with van der Waals surface area (Å²) in [6.07, 6.45) is 2.35. The second-order valence-electron chi connectivity index (χ2n) is 2.83. The van der Waals surface area contributed by atoms with Gasteiger partial charge in [0, 0.05) is 11.9 Å². The zero-order valence-electron chi connectivity index (χ0n) is 7.55. The van der Waals surface area contributed by atoms with Crippen LogP contribution in [0.15, 0.2) is 0 Å². The molecule has 0 saturated heterocycles. The zero-order valence-corrected chi connectivity index (χ0v) is 9.13. The largest absolute Gasteiger partial charge is 0.250 e. The predicted molar refractivity (Wildman–Crippen MR) is 52.5 cm³/mol. The monoisotopic (exact) mass is 231 g/mol. The van der Waals surface area contributed by atoms with Crippen LogP contribution in [0.3, 0.4) is 0 Å². The van der Waals surface area contributed by atoms with Crippen molar-refractivity contribution in [2.24, 2.45) is 0 Å². The fourth-order valence-corrected chi connectivity index (χ4v) is 1.53. The van der Waals surface area contributed by atoms with Gasteiger partial charge in [0.1, 0.15) is 11.6 Å². The zero-order chi connectivity index (χ0) is 8.97. The number of aryl methyl sites for hydroxylation is 3. The van der Waals surface area contributed by atoms with Crippen molar-refractivity contribution >= 4 is 15.9 Å². The molecule has 68 valence electrons. The SMILES string of the molecule is Cc1nc(C)n(CCCCBr)n1. The van der Waals surface area contributed by atoms with Crippen LogP contribution in [0.4, 0.5) is 0 Å². The average molecular weight is 232 g/mol. The van der Waals surface area contributed by atoms with Crippen LogP contribution in [-0.2, 0) is 6.54 Å². The Hall–Kier alpha value is -0.380. The van der Waals surface area contributed by atoms with E-state index in [1.807, 2.05) is 18.5 Å². The smallest absolute Gasteiger partial charge is 0.147 e. The number of rotatable bonds is 4. The number of unbranched alkanes of at least 4 members (excludes halogenated alkanes) is 1. The first-order chi connectivity index (χ1) is 5.74. The topological polar surface area (TPSA) is 30.7 Å². The Labute approximate surface area is 81.3 Å². The Morgan fingerprint density at radius 3 is 2.58 bits per heavy atom. The van der Waals surface area contributed by atoms with Crippen LogP contribution in [0.25, 0.3) is 0 Å². The summed E-state index contributed by atoms with van der Waals surface area (Å²) in [6, 6.07) is 0. The number of alkyl halides is 1. The van der Waals surface area contributed by atoms with Crippen LogP contribution in [0, 0.1) is 13.8 Å². The Balaban J connectivity index is 2.45. The summed E-state index contributed by atoms with van der Waals surface area (Å²) >= 11 is 3.40. The van der Waals surface area contributed by atoms with Crippen molar-refractivity contribution in [3.8, 4) is 0 Å².